The van der Waals surface area contributed by atoms with Crippen LogP contribution in [-0.4, -0.2) is 66.6 Å². The van der Waals surface area contributed by atoms with E-state index in [1.165, 1.54) is 13.2 Å². The number of anilines is 3. The first-order valence-corrected chi connectivity index (χ1v) is 14.5. The molecule has 1 aliphatic rings. The molecule has 4 aromatic rings. The normalized spacial score (nSPS) is 14.2. The summed E-state index contributed by atoms with van der Waals surface area (Å²) in [6.45, 7) is 1.28. The van der Waals surface area contributed by atoms with Gasteiger partial charge in [0.25, 0.3) is 0 Å². The Morgan fingerprint density at radius 1 is 1.19 bits per heavy atom. The first kappa shape index (κ1) is 29.4. The second kappa shape index (κ2) is 12.8. The monoisotopic (exact) mass is 598 g/mol. The van der Waals surface area contributed by atoms with Gasteiger partial charge in [-0.15, -0.1) is 0 Å². The van der Waals surface area contributed by atoms with Crippen LogP contribution in [0.5, 0.6) is 5.75 Å². The molecular formula is C29H29F3N6O3S. The number of aromatic nitrogens is 2. The lowest BCUT2D eigenvalue weighted by atomic mass is 10.00. The first-order valence-electron chi connectivity index (χ1n) is 13.2. The molecule has 0 saturated carbocycles. The number of nitrogens with two attached hydrogens (primary N) is 1. The standard InChI is InChI=1S/C29H29F3N6O3S/c1-40-24-15-17(25-21(31)6-7-23(26(25)32)37-42(39)13-3-8-30)14-19-27(24)35-28(18-4-2-5-22(34)20(18)16-33)36-29(19)38-9-11-41-12-10-38/h2,4-7,14-16,33,37H,3,8-13,34H2,1H3. The maximum atomic E-state index is 15.8. The van der Waals surface area contributed by atoms with E-state index in [9.17, 15) is 8.94 Å². The van der Waals surface area contributed by atoms with Gasteiger partial charge in [0.15, 0.2) is 11.6 Å². The molecule has 1 fully saturated rings. The number of nitrogen functional groups attached to an aromatic ring is 1. The lowest BCUT2D eigenvalue weighted by molar-refractivity contribution is 0.122. The number of rotatable bonds is 10. The first-order chi connectivity index (χ1) is 20.4. The maximum Gasteiger partial charge on any atom is 0.163 e. The fourth-order valence-corrected chi connectivity index (χ4v) is 5.69. The molecule has 0 aliphatic carbocycles. The van der Waals surface area contributed by atoms with Gasteiger partial charge in [-0.2, -0.15) is 0 Å². The Kier molecular flexibility index (Phi) is 9.00. The number of morpholine rings is 1. The smallest absolute Gasteiger partial charge is 0.163 e. The molecule has 1 aliphatic heterocycles. The third-order valence-electron chi connectivity index (χ3n) is 6.87. The number of methoxy groups -OCH3 is 1. The van der Waals surface area contributed by atoms with E-state index in [0.29, 0.717) is 65.7 Å². The highest BCUT2D eigenvalue weighted by molar-refractivity contribution is 7.92. The van der Waals surface area contributed by atoms with Crippen molar-refractivity contribution in [3.8, 4) is 28.3 Å². The summed E-state index contributed by atoms with van der Waals surface area (Å²) in [5.41, 5.74) is 7.54. The highest BCUT2D eigenvalue weighted by Crippen LogP contribution is 2.40. The summed E-state index contributed by atoms with van der Waals surface area (Å²) in [6.07, 6.45) is 1.19. The molecule has 9 nitrogen and oxygen atoms in total. The molecule has 1 aromatic heterocycles. The summed E-state index contributed by atoms with van der Waals surface area (Å²) in [6, 6.07) is 10.5. The van der Waals surface area contributed by atoms with Crippen LogP contribution in [0.3, 0.4) is 0 Å². The summed E-state index contributed by atoms with van der Waals surface area (Å²) >= 11 is -1.75. The zero-order chi connectivity index (χ0) is 29.8. The van der Waals surface area contributed by atoms with Gasteiger partial charge in [0, 0.05) is 47.9 Å². The number of halogens is 3. The lowest BCUT2D eigenvalue weighted by Gasteiger charge is -2.29. The van der Waals surface area contributed by atoms with E-state index in [0.717, 1.165) is 18.3 Å². The minimum atomic E-state index is -1.75. The fraction of sp³-hybridized carbons (Fsp3) is 0.276. The third-order valence-corrected chi connectivity index (χ3v) is 7.97. The molecule has 0 amide bonds. The van der Waals surface area contributed by atoms with Crippen molar-refractivity contribution >= 4 is 45.7 Å². The molecule has 42 heavy (non-hydrogen) atoms. The summed E-state index contributed by atoms with van der Waals surface area (Å²) in [5, 5.41) is 8.38. The Balaban J connectivity index is 1.72. The molecule has 13 heteroatoms. The molecule has 1 unspecified atom stereocenters. The highest BCUT2D eigenvalue weighted by Gasteiger charge is 2.25. The highest BCUT2D eigenvalue weighted by atomic mass is 32.2. The summed E-state index contributed by atoms with van der Waals surface area (Å²) < 4.78 is 69.5. The summed E-state index contributed by atoms with van der Waals surface area (Å²) in [4.78, 5) is 11.6. The molecule has 1 atom stereocenters. The second-order valence-electron chi connectivity index (χ2n) is 9.48. The minimum absolute atomic E-state index is 0.0260. The van der Waals surface area contributed by atoms with Gasteiger partial charge in [0.2, 0.25) is 0 Å². The van der Waals surface area contributed by atoms with Gasteiger partial charge in [-0.1, -0.05) is 12.1 Å². The number of alkyl halides is 1. The van der Waals surface area contributed by atoms with Crippen LogP contribution >= 0.6 is 0 Å². The van der Waals surface area contributed by atoms with Crippen LogP contribution in [0.4, 0.5) is 30.4 Å². The van der Waals surface area contributed by atoms with Gasteiger partial charge in [0.05, 0.1) is 43.9 Å². The van der Waals surface area contributed by atoms with Gasteiger partial charge >= 0.3 is 0 Å². The average molecular weight is 599 g/mol. The number of benzene rings is 3. The van der Waals surface area contributed by atoms with E-state index in [-0.39, 0.29) is 34.7 Å². The largest absolute Gasteiger partial charge is 0.593 e. The third kappa shape index (κ3) is 5.80. The molecule has 0 spiro atoms. The van der Waals surface area contributed by atoms with E-state index >= 15 is 8.78 Å². The van der Waals surface area contributed by atoms with Crippen LogP contribution in [0, 0.1) is 17.0 Å². The molecular weight excluding hydrogens is 569 g/mol. The van der Waals surface area contributed by atoms with Gasteiger partial charge in [-0.25, -0.2) is 23.5 Å². The molecule has 2 heterocycles. The van der Waals surface area contributed by atoms with E-state index in [1.54, 1.807) is 24.3 Å². The van der Waals surface area contributed by atoms with Crippen LogP contribution in [0.15, 0.2) is 42.5 Å². The Morgan fingerprint density at radius 2 is 1.98 bits per heavy atom. The number of nitrogens with one attached hydrogen (secondary N) is 2. The van der Waals surface area contributed by atoms with Crippen LogP contribution in [0.25, 0.3) is 33.4 Å². The van der Waals surface area contributed by atoms with Crippen molar-refractivity contribution in [3.63, 3.8) is 0 Å². The van der Waals surface area contributed by atoms with Crippen LogP contribution in [-0.2, 0) is 16.1 Å². The predicted molar refractivity (Wildman–Crippen MR) is 159 cm³/mol. The zero-order valence-electron chi connectivity index (χ0n) is 22.8. The Morgan fingerprint density at radius 3 is 2.69 bits per heavy atom. The fourth-order valence-electron chi connectivity index (χ4n) is 4.82. The topological polar surface area (TPSA) is 132 Å². The zero-order valence-corrected chi connectivity index (χ0v) is 23.6. The molecule has 5 rings (SSSR count). The number of fused-ring (bicyclic) bond motifs is 1. The number of hydrogen-bond acceptors (Lipinski definition) is 9. The van der Waals surface area contributed by atoms with Crippen molar-refractivity contribution in [3.05, 3.63) is 59.7 Å². The molecule has 4 N–H and O–H groups in total. The Hall–Kier alpha value is -4.07. The van der Waals surface area contributed by atoms with Crippen molar-refractivity contribution in [2.75, 3.05) is 61.2 Å². The number of nitrogens with zero attached hydrogens (tertiary/aromatic N) is 3. The molecule has 1 saturated heterocycles. The lowest BCUT2D eigenvalue weighted by Crippen LogP contribution is -2.37. The van der Waals surface area contributed by atoms with Crippen LogP contribution in [0.1, 0.15) is 12.0 Å². The van der Waals surface area contributed by atoms with E-state index in [4.69, 9.17) is 30.6 Å². The Labute approximate surface area is 243 Å². The predicted octanol–water partition coefficient (Wildman–Crippen LogP) is 5.10. The van der Waals surface area contributed by atoms with E-state index in [1.807, 2.05) is 4.90 Å². The van der Waals surface area contributed by atoms with Gasteiger partial charge < -0.3 is 30.1 Å². The number of ether oxygens (including phenoxy) is 2. The molecule has 0 bridgehead atoms. The minimum Gasteiger partial charge on any atom is -0.593 e. The summed E-state index contributed by atoms with van der Waals surface area (Å²) in [5.74, 6) is -0.772. The quantitative estimate of drug-likeness (QED) is 0.131. The molecule has 220 valence electrons. The molecule has 3 aromatic carbocycles. The number of hydrogen-bond donors (Lipinski definition) is 3. The van der Waals surface area contributed by atoms with Gasteiger partial charge in [-0.3, -0.25) is 4.39 Å². The van der Waals surface area contributed by atoms with Gasteiger partial charge in [-0.05, 0) is 35.9 Å². The molecule has 0 radical (unpaired) electrons. The van der Waals surface area contributed by atoms with Crippen LogP contribution in [0.2, 0.25) is 0 Å². The van der Waals surface area contributed by atoms with E-state index < -0.39 is 29.7 Å². The maximum absolute atomic E-state index is 15.8. The van der Waals surface area contributed by atoms with Crippen LogP contribution < -0.4 is 20.1 Å². The SMILES string of the molecule is COc1cc(-c2c(F)ccc(N[S+]([O-])CCCF)c2F)cc2c(N3CCOCC3)nc(-c3cccc(N)c3C=N)nc12. The summed E-state index contributed by atoms with van der Waals surface area (Å²) in [7, 11) is 1.43. The van der Waals surface area contributed by atoms with Crippen molar-refractivity contribution in [1.82, 2.24) is 9.97 Å². The Bertz CT molecular complexity index is 1620. The van der Waals surface area contributed by atoms with E-state index in [2.05, 4.69) is 4.72 Å². The van der Waals surface area contributed by atoms with Gasteiger partial charge in [0.1, 0.15) is 34.3 Å². The van der Waals surface area contributed by atoms with Crippen molar-refractivity contribution in [1.29, 1.82) is 5.41 Å². The van der Waals surface area contributed by atoms with Crippen molar-refractivity contribution in [2.24, 2.45) is 0 Å². The second-order valence-corrected chi connectivity index (χ2v) is 10.8. The van der Waals surface area contributed by atoms with Crippen molar-refractivity contribution < 1.29 is 27.2 Å². The average Bonchev–Trinajstić information content (AvgIpc) is 3.00. The van der Waals surface area contributed by atoms with Crippen molar-refractivity contribution in [2.45, 2.75) is 6.42 Å².